The fourth-order valence-electron chi connectivity index (χ4n) is 1.60. The normalized spacial score (nSPS) is 11.2. The molecule has 0 aliphatic rings. The number of rotatable bonds is 4. The Morgan fingerprint density at radius 3 is 2.57 bits per heavy atom. The zero-order chi connectivity index (χ0) is 15.6. The van der Waals surface area contributed by atoms with Crippen LogP contribution in [0.3, 0.4) is 0 Å². The summed E-state index contributed by atoms with van der Waals surface area (Å²) in [5, 5.41) is 2.70. The summed E-state index contributed by atoms with van der Waals surface area (Å²) in [6.07, 6.45) is 2.55. The first-order valence-corrected chi connectivity index (χ1v) is 7.92. The lowest BCUT2D eigenvalue weighted by Gasteiger charge is -2.12. The lowest BCUT2D eigenvalue weighted by atomic mass is 10.3. The smallest absolute Gasteiger partial charge is 0.265 e. The van der Waals surface area contributed by atoms with E-state index in [9.17, 15) is 17.2 Å². The predicted molar refractivity (Wildman–Crippen MR) is 78.7 cm³/mol. The summed E-state index contributed by atoms with van der Waals surface area (Å²) >= 11 is 2.87. The number of sulfonamides is 1. The number of benzene rings is 1. The molecule has 9 heteroatoms. The lowest BCUT2D eigenvalue weighted by Crippen LogP contribution is -2.16. The Balaban J connectivity index is 2.45. The minimum Gasteiger partial charge on any atom is -0.387 e. The van der Waals surface area contributed by atoms with Gasteiger partial charge in [0.1, 0.15) is 16.5 Å². The van der Waals surface area contributed by atoms with Crippen LogP contribution in [0.25, 0.3) is 0 Å². The molecule has 0 spiro atoms. The second-order valence-electron chi connectivity index (χ2n) is 3.97. The third-order valence-corrected chi connectivity index (χ3v) is 4.60. The number of aromatic nitrogens is 1. The molecule has 2 aromatic rings. The number of halogens is 3. The molecule has 1 aromatic heterocycles. The fourth-order valence-corrected chi connectivity index (χ4v) is 3.16. The van der Waals surface area contributed by atoms with Crippen LogP contribution in [0, 0.1) is 11.6 Å². The molecule has 0 saturated heterocycles. The highest BCUT2D eigenvalue weighted by molar-refractivity contribution is 9.10. The van der Waals surface area contributed by atoms with Crippen molar-refractivity contribution in [3.05, 3.63) is 46.7 Å². The molecule has 0 atom stereocenters. The van der Waals surface area contributed by atoms with Crippen molar-refractivity contribution in [2.45, 2.75) is 4.90 Å². The molecule has 0 aliphatic carbocycles. The van der Waals surface area contributed by atoms with Gasteiger partial charge in [0.05, 0.1) is 15.8 Å². The number of pyridine rings is 1. The standard InChI is InChI=1S/C12H10BrF2N3O2S/c1-16-10-2-3-17-6-12(10)21(19,20)18-11-4-7(13)8(14)5-9(11)15/h2-6,18H,1H3,(H,16,17). The molecule has 1 aromatic carbocycles. The number of hydrogen-bond acceptors (Lipinski definition) is 4. The van der Waals surface area contributed by atoms with E-state index in [1.807, 2.05) is 0 Å². The van der Waals surface area contributed by atoms with Crippen molar-refractivity contribution < 1.29 is 17.2 Å². The zero-order valence-corrected chi connectivity index (χ0v) is 13.1. The number of nitrogens with zero attached hydrogens (tertiary/aromatic N) is 1. The molecule has 0 amide bonds. The van der Waals surface area contributed by atoms with E-state index in [1.165, 1.54) is 12.3 Å². The fraction of sp³-hybridized carbons (Fsp3) is 0.0833. The average Bonchev–Trinajstić information content (AvgIpc) is 2.44. The summed E-state index contributed by atoms with van der Waals surface area (Å²) in [6, 6.07) is 3.06. The molecule has 21 heavy (non-hydrogen) atoms. The van der Waals surface area contributed by atoms with Crippen molar-refractivity contribution in [3.63, 3.8) is 0 Å². The molecule has 0 unspecified atom stereocenters. The SMILES string of the molecule is CNc1ccncc1S(=O)(=O)Nc1cc(Br)c(F)cc1F. The van der Waals surface area contributed by atoms with Crippen LogP contribution in [0.4, 0.5) is 20.2 Å². The maximum atomic E-state index is 13.6. The second-order valence-corrected chi connectivity index (χ2v) is 6.48. The Bertz CT molecular complexity index is 784. The first-order valence-electron chi connectivity index (χ1n) is 5.64. The van der Waals surface area contributed by atoms with Gasteiger partial charge in [0.2, 0.25) is 0 Å². The summed E-state index contributed by atoms with van der Waals surface area (Å²) in [4.78, 5) is 3.59. The Hall–Kier alpha value is -1.74. The van der Waals surface area contributed by atoms with Crippen molar-refractivity contribution in [2.75, 3.05) is 17.1 Å². The lowest BCUT2D eigenvalue weighted by molar-refractivity contribution is 0.579. The van der Waals surface area contributed by atoms with Gasteiger partial charge in [-0.2, -0.15) is 0 Å². The van der Waals surface area contributed by atoms with Gasteiger partial charge in [-0.3, -0.25) is 9.71 Å². The van der Waals surface area contributed by atoms with Crippen LogP contribution in [0.5, 0.6) is 0 Å². The molecule has 5 nitrogen and oxygen atoms in total. The number of hydrogen-bond donors (Lipinski definition) is 2. The second kappa shape index (κ2) is 5.94. The van der Waals surface area contributed by atoms with Crippen LogP contribution < -0.4 is 10.0 Å². The van der Waals surface area contributed by atoms with Crippen LogP contribution in [-0.4, -0.2) is 20.4 Å². The molecule has 0 saturated carbocycles. The number of anilines is 2. The summed E-state index contributed by atoms with van der Waals surface area (Å²) in [5.41, 5.74) is -0.0618. The van der Waals surface area contributed by atoms with Gasteiger partial charge in [-0.15, -0.1) is 0 Å². The van der Waals surface area contributed by atoms with Crippen LogP contribution in [0.15, 0.2) is 40.0 Å². The zero-order valence-electron chi connectivity index (χ0n) is 10.7. The molecule has 0 bridgehead atoms. The predicted octanol–water partition coefficient (Wildman–Crippen LogP) is 2.96. The van der Waals surface area contributed by atoms with Crippen LogP contribution in [0.1, 0.15) is 0 Å². The maximum absolute atomic E-state index is 13.6. The van der Waals surface area contributed by atoms with Gasteiger partial charge in [0.15, 0.2) is 0 Å². The van der Waals surface area contributed by atoms with E-state index in [0.29, 0.717) is 11.8 Å². The van der Waals surface area contributed by atoms with Crippen molar-refractivity contribution in [3.8, 4) is 0 Å². The van der Waals surface area contributed by atoms with Crippen LogP contribution >= 0.6 is 15.9 Å². The molecule has 1 heterocycles. The third-order valence-electron chi connectivity index (χ3n) is 2.60. The van der Waals surface area contributed by atoms with Crippen molar-refractivity contribution >= 4 is 37.3 Å². The highest BCUT2D eigenvalue weighted by atomic mass is 79.9. The molecule has 0 radical (unpaired) electrons. The summed E-state index contributed by atoms with van der Waals surface area (Å²) in [7, 11) is -2.52. The van der Waals surface area contributed by atoms with Crippen molar-refractivity contribution in [2.24, 2.45) is 0 Å². The molecule has 2 rings (SSSR count). The van der Waals surface area contributed by atoms with Gasteiger partial charge in [0, 0.05) is 25.5 Å². The van der Waals surface area contributed by atoms with Crippen molar-refractivity contribution in [1.29, 1.82) is 0 Å². The van der Waals surface area contributed by atoms with Crippen LogP contribution in [-0.2, 0) is 10.0 Å². The Kier molecular flexibility index (Phi) is 4.43. The van der Waals surface area contributed by atoms with Gasteiger partial charge in [-0.1, -0.05) is 0 Å². The summed E-state index contributed by atoms with van der Waals surface area (Å²) in [6.45, 7) is 0. The molecular formula is C12H10BrF2N3O2S. The topological polar surface area (TPSA) is 71.1 Å². The molecule has 0 aliphatic heterocycles. The highest BCUT2D eigenvalue weighted by Crippen LogP contribution is 2.27. The average molecular weight is 378 g/mol. The van der Waals surface area contributed by atoms with E-state index in [0.717, 1.165) is 12.3 Å². The molecule has 112 valence electrons. The third kappa shape index (κ3) is 3.30. The van der Waals surface area contributed by atoms with E-state index in [1.54, 1.807) is 7.05 Å². The minimum atomic E-state index is -4.07. The largest absolute Gasteiger partial charge is 0.387 e. The van der Waals surface area contributed by atoms with Crippen LogP contribution in [0.2, 0.25) is 0 Å². The van der Waals surface area contributed by atoms with E-state index in [-0.39, 0.29) is 15.1 Å². The first kappa shape index (κ1) is 15.6. The van der Waals surface area contributed by atoms with E-state index in [4.69, 9.17) is 0 Å². The molecule has 0 fully saturated rings. The Morgan fingerprint density at radius 2 is 1.90 bits per heavy atom. The van der Waals surface area contributed by atoms with Crippen molar-refractivity contribution in [1.82, 2.24) is 4.98 Å². The maximum Gasteiger partial charge on any atom is 0.265 e. The van der Waals surface area contributed by atoms with Gasteiger partial charge in [0.25, 0.3) is 10.0 Å². The van der Waals surface area contributed by atoms with Gasteiger partial charge < -0.3 is 5.32 Å². The van der Waals surface area contributed by atoms with E-state index >= 15 is 0 Å². The van der Waals surface area contributed by atoms with Gasteiger partial charge in [-0.25, -0.2) is 17.2 Å². The first-order chi connectivity index (χ1) is 9.85. The minimum absolute atomic E-state index is 0.0540. The Morgan fingerprint density at radius 1 is 1.19 bits per heavy atom. The van der Waals surface area contributed by atoms with E-state index in [2.05, 4.69) is 31.0 Å². The Labute approximate surface area is 128 Å². The molecular weight excluding hydrogens is 368 g/mol. The highest BCUT2D eigenvalue weighted by Gasteiger charge is 2.21. The van der Waals surface area contributed by atoms with Gasteiger partial charge in [-0.05, 0) is 28.1 Å². The molecule has 2 N–H and O–H groups in total. The van der Waals surface area contributed by atoms with E-state index < -0.39 is 21.7 Å². The van der Waals surface area contributed by atoms with Gasteiger partial charge >= 0.3 is 0 Å². The summed E-state index contributed by atoms with van der Waals surface area (Å²) in [5.74, 6) is -1.85. The summed E-state index contributed by atoms with van der Waals surface area (Å²) < 4.78 is 53.3. The monoisotopic (exact) mass is 377 g/mol. The number of nitrogens with one attached hydrogen (secondary N) is 2. The quantitative estimate of drug-likeness (QED) is 0.803.